The van der Waals surface area contributed by atoms with Crippen LogP contribution in [0.5, 0.6) is 5.75 Å². The summed E-state index contributed by atoms with van der Waals surface area (Å²) in [7, 11) is -3.67. The summed E-state index contributed by atoms with van der Waals surface area (Å²) in [5, 5.41) is 3.91. The van der Waals surface area contributed by atoms with Crippen molar-refractivity contribution in [3.05, 3.63) is 59.5 Å². The van der Waals surface area contributed by atoms with Gasteiger partial charge in [0.05, 0.1) is 18.0 Å². The molecule has 0 aliphatic rings. The van der Waals surface area contributed by atoms with Gasteiger partial charge in [-0.1, -0.05) is 17.3 Å². The molecular weight excluding hydrogens is 366 g/mol. The van der Waals surface area contributed by atoms with E-state index in [1.54, 1.807) is 19.1 Å². The molecule has 1 aromatic heterocycles. The first-order chi connectivity index (χ1) is 12.9. The first-order valence-corrected chi connectivity index (χ1v) is 10.00. The first kappa shape index (κ1) is 19.1. The van der Waals surface area contributed by atoms with Crippen LogP contribution < -0.4 is 9.46 Å². The fourth-order valence-electron chi connectivity index (χ4n) is 2.54. The van der Waals surface area contributed by atoms with Crippen LogP contribution in [0.4, 0.5) is 0 Å². The van der Waals surface area contributed by atoms with Crippen LogP contribution in [0.3, 0.4) is 0 Å². The van der Waals surface area contributed by atoms with Gasteiger partial charge in [0.1, 0.15) is 5.75 Å². The number of nitrogens with one attached hydrogen (secondary N) is 1. The van der Waals surface area contributed by atoms with Crippen molar-refractivity contribution >= 4 is 10.0 Å². The molecule has 0 aliphatic heterocycles. The lowest BCUT2D eigenvalue weighted by atomic mass is 10.2. The van der Waals surface area contributed by atoms with E-state index >= 15 is 0 Å². The molecule has 0 aliphatic carbocycles. The molecule has 7 nitrogen and oxygen atoms in total. The van der Waals surface area contributed by atoms with Crippen LogP contribution in [0.15, 0.2) is 51.9 Å². The van der Waals surface area contributed by atoms with Crippen molar-refractivity contribution in [3.8, 4) is 17.1 Å². The predicted molar refractivity (Wildman–Crippen MR) is 101 cm³/mol. The zero-order valence-electron chi connectivity index (χ0n) is 15.4. The average molecular weight is 387 g/mol. The summed E-state index contributed by atoms with van der Waals surface area (Å²) >= 11 is 0. The zero-order valence-corrected chi connectivity index (χ0v) is 16.2. The molecule has 27 heavy (non-hydrogen) atoms. The van der Waals surface area contributed by atoms with E-state index in [1.807, 2.05) is 44.2 Å². The minimum atomic E-state index is -3.67. The normalized spacial score (nSPS) is 11.5. The SMILES string of the molecule is CCOc1ccc(-c2noc(CNS(=O)(=O)c3cc(C)ccc3C)n2)cc1. The van der Waals surface area contributed by atoms with Gasteiger partial charge in [-0.3, -0.25) is 0 Å². The Kier molecular flexibility index (Phi) is 5.57. The van der Waals surface area contributed by atoms with Crippen LogP contribution in [-0.4, -0.2) is 25.2 Å². The van der Waals surface area contributed by atoms with E-state index in [4.69, 9.17) is 9.26 Å². The maximum absolute atomic E-state index is 12.5. The van der Waals surface area contributed by atoms with E-state index in [1.165, 1.54) is 0 Å². The topological polar surface area (TPSA) is 94.3 Å². The fraction of sp³-hybridized carbons (Fsp3) is 0.263. The molecule has 0 fully saturated rings. The molecule has 0 saturated carbocycles. The van der Waals surface area contributed by atoms with Crippen LogP contribution in [0.25, 0.3) is 11.4 Å². The lowest BCUT2D eigenvalue weighted by molar-refractivity contribution is 0.340. The lowest BCUT2D eigenvalue weighted by Gasteiger charge is -2.08. The quantitative estimate of drug-likeness (QED) is 0.669. The van der Waals surface area contributed by atoms with Gasteiger partial charge in [0.15, 0.2) is 0 Å². The number of sulfonamides is 1. The van der Waals surface area contributed by atoms with E-state index in [9.17, 15) is 8.42 Å². The Morgan fingerprint density at radius 2 is 1.85 bits per heavy atom. The highest BCUT2D eigenvalue weighted by molar-refractivity contribution is 7.89. The second-order valence-electron chi connectivity index (χ2n) is 6.06. The van der Waals surface area contributed by atoms with Crippen molar-refractivity contribution in [1.29, 1.82) is 0 Å². The minimum Gasteiger partial charge on any atom is -0.494 e. The van der Waals surface area contributed by atoms with Gasteiger partial charge in [0, 0.05) is 5.56 Å². The molecule has 1 heterocycles. The molecule has 8 heteroatoms. The van der Waals surface area contributed by atoms with Crippen molar-refractivity contribution in [1.82, 2.24) is 14.9 Å². The predicted octanol–water partition coefficient (Wildman–Crippen LogP) is 3.23. The highest BCUT2D eigenvalue weighted by atomic mass is 32.2. The number of rotatable bonds is 7. The van der Waals surface area contributed by atoms with Crippen LogP contribution >= 0.6 is 0 Å². The van der Waals surface area contributed by atoms with Crippen LogP contribution in [-0.2, 0) is 16.6 Å². The summed E-state index contributed by atoms with van der Waals surface area (Å²) in [6.07, 6.45) is 0. The molecular formula is C19H21N3O4S. The van der Waals surface area contributed by atoms with Gasteiger partial charge in [-0.25, -0.2) is 13.1 Å². The highest BCUT2D eigenvalue weighted by Crippen LogP contribution is 2.21. The molecule has 3 aromatic rings. The molecule has 1 N–H and O–H groups in total. The maximum Gasteiger partial charge on any atom is 0.242 e. The number of nitrogens with zero attached hydrogens (tertiary/aromatic N) is 2. The summed E-state index contributed by atoms with van der Waals surface area (Å²) in [6.45, 7) is 6.02. The Balaban J connectivity index is 1.71. The van der Waals surface area contributed by atoms with Gasteiger partial charge in [-0.2, -0.15) is 4.98 Å². The van der Waals surface area contributed by atoms with Crippen molar-refractivity contribution in [2.45, 2.75) is 32.2 Å². The molecule has 142 valence electrons. The highest BCUT2D eigenvalue weighted by Gasteiger charge is 2.18. The molecule has 0 saturated heterocycles. The Labute approximate surface area is 158 Å². The largest absolute Gasteiger partial charge is 0.494 e. The molecule has 0 unspecified atom stereocenters. The van der Waals surface area contributed by atoms with Gasteiger partial charge in [-0.05, 0) is 62.2 Å². The third-order valence-corrected chi connectivity index (χ3v) is 5.48. The molecule has 3 rings (SSSR count). The number of aryl methyl sites for hydroxylation is 2. The molecule has 0 atom stereocenters. The first-order valence-electron chi connectivity index (χ1n) is 8.52. The van der Waals surface area contributed by atoms with Crippen LogP contribution in [0.2, 0.25) is 0 Å². The summed E-state index contributed by atoms with van der Waals surface area (Å²) < 4.78 is 38.1. The van der Waals surface area contributed by atoms with Crippen molar-refractivity contribution in [2.75, 3.05) is 6.61 Å². The van der Waals surface area contributed by atoms with Gasteiger partial charge in [0.2, 0.25) is 21.7 Å². The Bertz CT molecular complexity index is 1030. The van der Waals surface area contributed by atoms with Gasteiger partial charge < -0.3 is 9.26 Å². The molecule has 0 radical (unpaired) electrons. The fourth-order valence-corrected chi connectivity index (χ4v) is 3.84. The number of hydrogen-bond acceptors (Lipinski definition) is 6. The third-order valence-electron chi connectivity index (χ3n) is 3.94. The maximum atomic E-state index is 12.5. The monoisotopic (exact) mass is 387 g/mol. The van der Waals surface area contributed by atoms with E-state index in [2.05, 4.69) is 14.9 Å². The Hall–Kier alpha value is -2.71. The third kappa shape index (κ3) is 4.53. The van der Waals surface area contributed by atoms with E-state index in [0.717, 1.165) is 16.9 Å². The summed E-state index contributed by atoms with van der Waals surface area (Å²) in [6, 6.07) is 12.6. The number of benzene rings is 2. The Morgan fingerprint density at radius 1 is 1.11 bits per heavy atom. The summed E-state index contributed by atoms with van der Waals surface area (Å²) in [5.74, 6) is 1.33. The average Bonchev–Trinajstić information content (AvgIpc) is 3.12. The van der Waals surface area contributed by atoms with Crippen LogP contribution in [0, 0.1) is 13.8 Å². The van der Waals surface area contributed by atoms with E-state index < -0.39 is 10.0 Å². The second-order valence-corrected chi connectivity index (χ2v) is 7.80. The minimum absolute atomic E-state index is 0.0836. The lowest BCUT2D eigenvalue weighted by Crippen LogP contribution is -2.24. The van der Waals surface area contributed by atoms with Crippen molar-refractivity contribution < 1.29 is 17.7 Å². The van der Waals surface area contributed by atoms with Gasteiger partial charge in [-0.15, -0.1) is 0 Å². The smallest absolute Gasteiger partial charge is 0.242 e. The number of aromatic nitrogens is 2. The second kappa shape index (κ2) is 7.89. The van der Waals surface area contributed by atoms with E-state index in [0.29, 0.717) is 18.0 Å². The molecule has 0 bridgehead atoms. The van der Waals surface area contributed by atoms with Crippen LogP contribution in [0.1, 0.15) is 23.9 Å². The van der Waals surface area contributed by atoms with Gasteiger partial charge >= 0.3 is 0 Å². The van der Waals surface area contributed by atoms with Crippen molar-refractivity contribution in [3.63, 3.8) is 0 Å². The molecule has 0 amide bonds. The van der Waals surface area contributed by atoms with E-state index in [-0.39, 0.29) is 17.3 Å². The molecule has 2 aromatic carbocycles. The number of ether oxygens (including phenoxy) is 1. The molecule has 0 spiro atoms. The zero-order chi connectivity index (χ0) is 19.4. The van der Waals surface area contributed by atoms with Gasteiger partial charge in [0.25, 0.3) is 0 Å². The summed E-state index contributed by atoms with van der Waals surface area (Å²) in [4.78, 5) is 4.49. The summed E-state index contributed by atoms with van der Waals surface area (Å²) in [5.41, 5.74) is 2.30. The Morgan fingerprint density at radius 3 is 2.56 bits per heavy atom. The standard InChI is InChI=1S/C19H21N3O4S/c1-4-25-16-9-7-15(8-10-16)19-21-18(26-22-19)12-20-27(23,24)17-11-13(2)5-6-14(17)3/h5-11,20H,4,12H2,1-3H3. The van der Waals surface area contributed by atoms with Crippen molar-refractivity contribution in [2.24, 2.45) is 0 Å². The number of hydrogen-bond donors (Lipinski definition) is 1.